The highest BCUT2D eigenvalue weighted by Crippen LogP contribution is 2.14. The highest BCUT2D eigenvalue weighted by molar-refractivity contribution is 5.70. The smallest absolute Gasteiger partial charge is 0.306 e. The van der Waals surface area contributed by atoms with Crippen LogP contribution in [0.5, 0.6) is 0 Å². The molecular weight excluding hydrogens is 596 g/mol. The number of rotatable bonds is 38. The van der Waals surface area contributed by atoms with Crippen LogP contribution in [0.1, 0.15) is 219 Å². The van der Waals surface area contributed by atoms with Crippen molar-refractivity contribution in [1.82, 2.24) is 0 Å². The molecule has 0 aliphatic heterocycles. The predicted molar refractivity (Wildman–Crippen MR) is 205 cm³/mol. The van der Waals surface area contributed by atoms with E-state index in [9.17, 15) is 14.7 Å². The van der Waals surface area contributed by atoms with E-state index in [1.807, 2.05) is 0 Å². The maximum Gasteiger partial charge on any atom is 0.306 e. The Morgan fingerprint density at radius 2 is 0.812 bits per heavy atom. The van der Waals surface area contributed by atoms with Crippen molar-refractivity contribution >= 4 is 11.9 Å². The first-order chi connectivity index (χ1) is 23.6. The molecule has 0 unspecified atom stereocenters. The molecule has 0 fully saturated rings. The number of carbonyl (C=O) groups excluding carboxylic acids is 2. The summed E-state index contributed by atoms with van der Waals surface area (Å²) in [4.78, 5) is 24.2. The van der Waals surface area contributed by atoms with E-state index in [2.05, 4.69) is 38.2 Å². The number of ether oxygens (including phenoxy) is 2. The molecule has 0 bridgehead atoms. The van der Waals surface area contributed by atoms with Crippen molar-refractivity contribution in [3.63, 3.8) is 0 Å². The Hall–Kier alpha value is -1.62. The molecule has 1 N–H and O–H groups in total. The summed E-state index contributed by atoms with van der Waals surface area (Å²) in [5.74, 6) is -0.634. The van der Waals surface area contributed by atoms with E-state index in [4.69, 9.17) is 9.47 Å². The number of aliphatic hydroxyl groups excluding tert-OH is 1. The van der Waals surface area contributed by atoms with Crippen LogP contribution in [0.4, 0.5) is 0 Å². The van der Waals surface area contributed by atoms with Gasteiger partial charge in [0.1, 0.15) is 6.61 Å². The SMILES string of the molecule is CCCCCCCCCCCCCCCC/C=C/CC/C=C/CCCC(=O)O[C@@H](CO)COC(=O)CCCCCCCCCCCCC. The first-order valence-electron chi connectivity index (χ1n) is 20.9. The van der Waals surface area contributed by atoms with Crippen LogP contribution in [0.3, 0.4) is 0 Å². The van der Waals surface area contributed by atoms with Gasteiger partial charge in [-0.3, -0.25) is 9.59 Å². The Labute approximate surface area is 298 Å². The quantitative estimate of drug-likeness (QED) is 0.0400. The van der Waals surface area contributed by atoms with E-state index < -0.39 is 6.10 Å². The first-order valence-corrected chi connectivity index (χ1v) is 20.9. The minimum atomic E-state index is -0.786. The van der Waals surface area contributed by atoms with E-state index in [-0.39, 0.29) is 25.2 Å². The third-order valence-electron chi connectivity index (χ3n) is 9.23. The van der Waals surface area contributed by atoms with Crippen molar-refractivity contribution in [2.75, 3.05) is 13.2 Å². The molecule has 0 amide bonds. The molecule has 5 nitrogen and oxygen atoms in total. The van der Waals surface area contributed by atoms with Crippen LogP contribution in [-0.2, 0) is 19.1 Å². The van der Waals surface area contributed by atoms with Crippen molar-refractivity contribution in [3.8, 4) is 0 Å². The Bertz CT molecular complexity index is 731. The Morgan fingerprint density at radius 3 is 1.25 bits per heavy atom. The van der Waals surface area contributed by atoms with Gasteiger partial charge in [0, 0.05) is 12.8 Å². The van der Waals surface area contributed by atoms with Crippen LogP contribution < -0.4 is 0 Å². The van der Waals surface area contributed by atoms with Gasteiger partial charge in [0.15, 0.2) is 6.10 Å². The molecule has 0 aromatic carbocycles. The second-order valence-corrected chi connectivity index (χ2v) is 14.1. The van der Waals surface area contributed by atoms with Crippen molar-refractivity contribution in [2.45, 2.75) is 225 Å². The van der Waals surface area contributed by atoms with Crippen LogP contribution >= 0.6 is 0 Å². The number of allylic oxidation sites excluding steroid dienone is 4. The zero-order chi connectivity index (χ0) is 35.0. The molecule has 0 aromatic heterocycles. The lowest BCUT2D eigenvalue weighted by molar-refractivity contribution is -0.161. The number of aliphatic hydroxyl groups is 1. The summed E-state index contributed by atoms with van der Waals surface area (Å²) in [6.45, 7) is 4.11. The van der Waals surface area contributed by atoms with E-state index in [1.54, 1.807) is 0 Å². The van der Waals surface area contributed by atoms with Crippen LogP contribution in [0.25, 0.3) is 0 Å². The lowest BCUT2D eigenvalue weighted by Crippen LogP contribution is -2.28. The lowest BCUT2D eigenvalue weighted by Gasteiger charge is -2.15. The van der Waals surface area contributed by atoms with Crippen molar-refractivity contribution in [2.24, 2.45) is 0 Å². The van der Waals surface area contributed by atoms with E-state index in [0.29, 0.717) is 19.3 Å². The zero-order valence-corrected chi connectivity index (χ0v) is 32.0. The molecule has 0 saturated heterocycles. The van der Waals surface area contributed by atoms with Gasteiger partial charge in [-0.25, -0.2) is 0 Å². The van der Waals surface area contributed by atoms with Gasteiger partial charge >= 0.3 is 11.9 Å². The number of unbranched alkanes of at least 4 members (excludes halogenated alkanes) is 26. The van der Waals surface area contributed by atoms with Gasteiger partial charge in [-0.05, 0) is 44.9 Å². The minimum Gasteiger partial charge on any atom is -0.462 e. The fourth-order valence-electron chi connectivity index (χ4n) is 6.05. The van der Waals surface area contributed by atoms with E-state index in [1.165, 1.54) is 148 Å². The van der Waals surface area contributed by atoms with E-state index >= 15 is 0 Å². The van der Waals surface area contributed by atoms with Gasteiger partial charge in [0.2, 0.25) is 0 Å². The Morgan fingerprint density at radius 1 is 0.458 bits per heavy atom. The van der Waals surface area contributed by atoms with E-state index in [0.717, 1.165) is 38.5 Å². The van der Waals surface area contributed by atoms with Crippen molar-refractivity contribution in [1.29, 1.82) is 0 Å². The molecule has 48 heavy (non-hydrogen) atoms. The summed E-state index contributed by atoms with van der Waals surface area (Å²) < 4.78 is 10.6. The summed E-state index contributed by atoms with van der Waals surface area (Å²) in [5, 5.41) is 9.54. The summed E-state index contributed by atoms with van der Waals surface area (Å²) >= 11 is 0. The molecule has 282 valence electrons. The average molecular weight is 677 g/mol. The molecule has 0 aromatic rings. The van der Waals surface area contributed by atoms with Crippen LogP contribution in [0, 0.1) is 0 Å². The zero-order valence-electron chi connectivity index (χ0n) is 32.0. The molecule has 0 aliphatic carbocycles. The summed E-state index contributed by atoms with van der Waals surface area (Å²) in [7, 11) is 0. The molecule has 0 spiro atoms. The Kier molecular flexibility index (Phi) is 38.5. The number of carbonyl (C=O) groups is 2. The molecule has 0 saturated carbocycles. The standard InChI is InChI=1S/C43H80O5/c1-3-5-7-9-11-13-15-16-17-18-19-20-21-22-23-24-25-26-28-30-32-34-36-38-43(46)48-41(39-44)40-47-42(45)37-35-33-31-29-27-14-12-10-8-6-4-2/h24-25,30,32,41,44H,3-23,26-29,31,33-40H2,1-2H3/b25-24+,32-30+/t41-/m0/s1. The van der Waals surface area contributed by atoms with Crippen LogP contribution in [0.2, 0.25) is 0 Å². The third kappa shape index (κ3) is 37.2. The predicted octanol–water partition coefficient (Wildman–Crippen LogP) is 13.1. The molecule has 0 heterocycles. The van der Waals surface area contributed by atoms with Crippen LogP contribution in [-0.4, -0.2) is 36.4 Å². The lowest BCUT2D eigenvalue weighted by atomic mass is 10.0. The minimum absolute atomic E-state index is 0.0775. The topological polar surface area (TPSA) is 72.8 Å². The summed E-state index contributed by atoms with van der Waals surface area (Å²) in [6, 6.07) is 0. The second-order valence-electron chi connectivity index (χ2n) is 14.1. The van der Waals surface area contributed by atoms with Crippen molar-refractivity contribution in [3.05, 3.63) is 24.3 Å². The molecular formula is C43H80O5. The molecule has 5 heteroatoms. The summed E-state index contributed by atoms with van der Waals surface area (Å²) in [6.07, 6.45) is 46.9. The Balaban J connectivity index is 3.55. The molecule has 0 aliphatic rings. The first kappa shape index (κ1) is 46.4. The molecule has 0 radical (unpaired) electrons. The van der Waals surface area contributed by atoms with Gasteiger partial charge < -0.3 is 14.6 Å². The highest BCUT2D eigenvalue weighted by Gasteiger charge is 2.16. The van der Waals surface area contributed by atoms with Gasteiger partial charge in [-0.2, -0.15) is 0 Å². The number of hydrogen-bond acceptors (Lipinski definition) is 5. The maximum atomic E-state index is 12.2. The van der Waals surface area contributed by atoms with Gasteiger partial charge in [-0.15, -0.1) is 0 Å². The molecule has 1 atom stereocenters. The second kappa shape index (κ2) is 39.8. The molecule has 0 rings (SSSR count). The fraction of sp³-hybridized carbons (Fsp3) is 0.860. The maximum absolute atomic E-state index is 12.2. The summed E-state index contributed by atoms with van der Waals surface area (Å²) in [5.41, 5.74) is 0. The van der Waals surface area contributed by atoms with Crippen LogP contribution in [0.15, 0.2) is 24.3 Å². The van der Waals surface area contributed by atoms with Gasteiger partial charge in [0.05, 0.1) is 6.61 Å². The number of esters is 2. The van der Waals surface area contributed by atoms with Gasteiger partial charge in [-0.1, -0.05) is 186 Å². The number of hydrogen-bond donors (Lipinski definition) is 1. The third-order valence-corrected chi connectivity index (χ3v) is 9.23. The van der Waals surface area contributed by atoms with Gasteiger partial charge in [0.25, 0.3) is 0 Å². The average Bonchev–Trinajstić information content (AvgIpc) is 3.09. The highest BCUT2D eigenvalue weighted by atomic mass is 16.6. The monoisotopic (exact) mass is 677 g/mol. The largest absolute Gasteiger partial charge is 0.462 e. The fourth-order valence-corrected chi connectivity index (χ4v) is 6.05. The van der Waals surface area contributed by atoms with Crippen molar-refractivity contribution < 1.29 is 24.2 Å². The normalized spacial score (nSPS) is 12.3.